The first-order valence-corrected chi connectivity index (χ1v) is 8.24. The maximum absolute atomic E-state index is 11.7. The van der Waals surface area contributed by atoms with Crippen LogP contribution < -0.4 is 0 Å². The van der Waals surface area contributed by atoms with E-state index in [4.69, 9.17) is 20.8 Å². The quantitative estimate of drug-likeness (QED) is 0.625. The Morgan fingerprint density at radius 2 is 2.26 bits per heavy atom. The number of carbonyl (C=O) groups excluding carboxylic acids is 1. The third-order valence-electron chi connectivity index (χ3n) is 4.03. The Balaban J connectivity index is 2.01. The number of halogens is 1. The van der Waals surface area contributed by atoms with Crippen LogP contribution in [0.4, 0.5) is 0 Å². The number of benzene rings is 1. The molecule has 0 saturated carbocycles. The molecule has 2 heterocycles. The first-order valence-electron chi connectivity index (χ1n) is 7.86. The first-order chi connectivity index (χ1) is 11.1. The topological polar surface area (TPSA) is 42.7 Å². The van der Waals surface area contributed by atoms with E-state index in [-0.39, 0.29) is 5.97 Å². The summed E-state index contributed by atoms with van der Waals surface area (Å²) in [7, 11) is 2.07. The number of esters is 1. The molecule has 122 valence electrons. The minimum Gasteiger partial charge on any atom is -0.463 e. The molecule has 2 aromatic rings. The van der Waals surface area contributed by atoms with Crippen LogP contribution in [0, 0.1) is 0 Å². The van der Waals surface area contributed by atoms with Crippen molar-refractivity contribution in [3.63, 3.8) is 0 Å². The lowest BCUT2D eigenvalue weighted by atomic mass is 10.0. The summed E-state index contributed by atoms with van der Waals surface area (Å²) in [6.45, 7) is 4.10. The summed E-state index contributed by atoms with van der Waals surface area (Å²) in [6.07, 6.45) is 4.82. The van der Waals surface area contributed by atoms with Crippen molar-refractivity contribution in [1.82, 2.24) is 4.90 Å². The van der Waals surface area contributed by atoms with Crippen LogP contribution in [0.3, 0.4) is 0 Å². The Kier molecular flexibility index (Phi) is 4.74. The number of nitrogens with zero attached hydrogens (tertiary/aromatic N) is 1. The Bertz CT molecular complexity index is 763. The van der Waals surface area contributed by atoms with Gasteiger partial charge in [0, 0.05) is 35.1 Å². The highest BCUT2D eigenvalue weighted by Gasteiger charge is 2.22. The van der Waals surface area contributed by atoms with Gasteiger partial charge in [-0.2, -0.15) is 0 Å². The molecule has 0 amide bonds. The highest BCUT2D eigenvalue weighted by molar-refractivity contribution is 6.32. The van der Waals surface area contributed by atoms with Gasteiger partial charge in [-0.3, -0.25) is 0 Å². The van der Waals surface area contributed by atoms with Gasteiger partial charge in [-0.05, 0) is 43.7 Å². The zero-order chi connectivity index (χ0) is 16.4. The number of carbonyl (C=O) groups is 1. The summed E-state index contributed by atoms with van der Waals surface area (Å²) in [5.74, 6) is 0.352. The summed E-state index contributed by atoms with van der Waals surface area (Å²) in [5.41, 5.74) is 3.02. The van der Waals surface area contributed by atoms with Gasteiger partial charge in [-0.15, -0.1) is 0 Å². The van der Waals surface area contributed by atoms with Crippen molar-refractivity contribution in [3.05, 3.63) is 40.1 Å². The second-order valence-electron chi connectivity index (χ2n) is 5.83. The fourth-order valence-electron chi connectivity index (χ4n) is 2.90. The van der Waals surface area contributed by atoms with Crippen molar-refractivity contribution in [2.75, 3.05) is 20.2 Å². The maximum atomic E-state index is 11.7. The van der Waals surface area contributed by atoms with Gasteiger partial charge in [-0.1, -0.05) is 18.5 Å². The molecule has 0 saturated heterocycles. The van der Waals surface area contributed by atoms with Crippen LogP contribution in [-0.2, 0) is 22.5 Å². The van der Waals surface area contributed by atoms with E-state index in [2.05, 4.69) is 11.9 Å². The third kappa shape index (κ3) is 3.28. The summed E-state index contributed by atoms with van der Waals surface area (Å²) in [6, 6.07) is 3.77. The molecule has 5 heteroatoms. The lowest BCUT2D eigenvalue weighted by Crippen LogP contribution is -2.18. The van der Waals surface area contributed by atoms with Crippen molar-refractivity contribution in [2.24, 2.45) is 0 Å². The third-order valence-corrected chi connectivity index (χ3v) is 4.38. The molecule has 0 bridgehead atoms. The van der Waals surface area contributed by atoms with Gasteiger partial charge in [0.05, 0.1) is 6.61 Å². The summed E-state index contributed by atoms with van der Waals surface area (Å²) in [5, 5.41) is 1.86. The zero-order valence-electron chi connectivity index (χ0n) is 13.4. The van der Waals surface area contributed by atoms with E-state index in [1.165, 1.54) is 6.08 Å². The number of rotatable bonds is 4. The molecule has 0 unspecified atom stereocenters. The summed E-state index contributed by atoms with van der Waals surface area (Å²) in [4.78, 5) is 13.9. The Morgan fingerprint density at radius 1 is 1.43 bits per heavy atom. The number of hydrogen-bond acceptors (Lipinski definition) is 4. The number of furan rings is 1. The molecule has 1 aliphatic heterocycles. The molecular weight excluding hydrogens is 314 g/mol. The Labute approximate surface area is 140 Å². The maximum Gasteiger partial charge on any atom is 0.330 e. The van der Waals surface area contributed by atoms with Gasteiger partial charge in [-0.25, -0.2) is 4.79 Å². The smallest absolute Gasteiger partial charge is 0.330 e. The minimum atomic E-state index is -0.347. The molecule has 0 aliphatic carbocycles. The predicted octanol–water partition coefficient (Wildman–Crippen LogP) is 4.04. The van der Waals surface area contributed by atoms with Crippen molar-refractivity contribution < 1.29 is 13.9 Å². The molecule has 1 aromatic heterocycles. The van der Waals surface area contributed by atoms with Gasteiger partial charge < -0.3 is 14.1 Å². The second-order valence-corrected chi connectivity index (χ2v) is 6.24. The standard InChI is InChI=1S/C18H20ClNO3/c1-3-10-22-17(21)7-6-15-13-11-20(2)9-8-12-14(19)4-5-16(23-15)18(12)13/h4-7H,3,8-11H2,1-2H3/b7-6+. The monoisotopic (exact) mass is 333 g/mol. The van der Waals surface area contributed by atoms with E-state index in [9.17, 15) is 4.79 Å². The van der Waals surface area contributed by atoms with Crippen LogP contribution in [-0.4, -0.2) is 31.1 Å². The molecule has 0 N–H and O–H groups in total. The molecule has 1 aliphatic rings. The van der Waals surface area contributed by atoms with E-state index < -0.39 is 0 Å². The Hall–Kier alpha value is -1.78. The Morgan fingerprint density at radius 3 is 3.04 bits per heavy atom. The molecule has 4 nitrogen and oxygen atoms in total. The average molecular weight is 334 g/mol. The lowest BCUT2D eigenvalue weighted by Gasteiger charge is -2.12. The van der Waals surface area contributed by atoms with E-state index in [0.29, 0.717) is 12.4 Å². The number of likely N-dealkylation sites (N-methyl/N-ethyl adjacent to an activating group) is 1. The van der Waals surface area contributed by atoms with E-state index in [0.717, 1.165) is 53.0 Å². The fourth-order valence-corrected chi connectivity index (χ4v) is 3.15. The average Bonchev–Trinajstić information content (AvgIpc) is 2.77. The second kappa shape index (κ2) is 6.77. The van der Waals surface area contributed by atoms with E-state index >= 15 is 0 Å². The number of hydrogen-bond donors (Lipinski definition) is 0. The lowest BCUT2D eigenvalue weighted by molar-refractivity contribution is -0.137. The van der Waals surface area contributed by atoms with Crippen molar-refractivity contribution in [2.45, 2.75) is 26.3 Å². The molecule has 0 spiro atoms. The largest absolute Gasteiger partial charge is 0.463 e. The highest BCUT2D eigenvalue weighted by atomic mass is 35.5. The van der Waals surface area contributed by atoms with Crippen LogP contribution in [0.25, 0.3) is 17.0 Å². The van der Waals surface area contributed by atoms with Gasteiger partial charge >= 0.3 is 5.97 Å². The van der Waals surface area contributed by atoms with Crippen molar-refractivity contribution in [1.29, 1.82) is 0 Å². The molecule has 0 radical (unpaired) electrons. The van der Waals surface area contributed by atoms with Gasteiger partial charge in [0.15, 0.2) is 0 Å². The molecular formula is C18H20ClNO3. The fraction of sp³-hybridized carbons (Fsp3) is 0.389. The zero-order valence-corrected chi connectivity index (χ0v) is 14.2. The van der Waals surface area contributed by atoms with Crippen molar-refractivity contribution in [3.8, 4) is 0 Å². The highest BCUT2D eigenvalue weighted by Crippen LogP contribution is 2.36. The van der Waals surface area contributed by atoms with Crippen LogP contribution in [0.2, 0.25) is 5.02 Å². The van der Waals surface area contributed by atoms with Crippen LogP contribution in [0.1, 0.15) is 30.2 Å². The number of ether oxygens (including phenoxy) is 1. The molecule has 0 fully saturated rings. The van der Waals surface area contributed by atoms with Crippen LogP contribution >= 0.6 is 11.6 Å². The van der Waals surface area contributed by atoms with Crippen LogP contribution in [0.5, 0.6) is 0 Å². The normalized spacial score (nSPS) is 15.3. The summed E-state index contributed by atoms with van der Waals surface area (Å²) >= 11 is 6.37. The van der Waals surface area contributed by atoms with Crippen molar-refractivity contribution >= 4 is 34.6 Å². The predicted molar refractivity (Wildman–Crippen MR) is 91.5 cm³/mol. The molecule has 1 aromatic carbocycles. The van der Waals surface area contributed by atoms with Gasteiger partial charge in [0.25, 0.3) is 0 Å². The summed E-state index contributed by atoms with van der Waals surface area (Å²) < 4.78 is 11.0. The van der Waals surface area contributed by atoms with Gasteiger partial charge in [0.1, 0.15) is 11.3 Å². The van der Waals surface area contributed by atoms with Gasteiger partial charge in [0.2, 0.25) is 0 Å². The first kappa shape index (κ1) is 16.1. The van der Waals surface area contributed by atoms with Crippen LogP contribution in [0.15, 0.2) is 22.6 Å². The van der Waals surface area contributed by atoms with E-state index in [1.807, 2.05) is 19.1 Å². The molecule has 3 rings (SSSR count). The SMILES string of the molecule is CCCOC(=O)/C=C/c1oc2ccc(Cl)c3c2c1CN(C)CC3. The van der Waals surface area contributed by atoms with E-state index in [1.54, 1.807) is 6.08 Å². The minimum absolute atomic E-state index is 0.347. The molecule has 0 atom stereocenters. The molecule has 23 heavy (non-hydrogen) atoms.